The second-order valence-electron chi connectivity index (χ2n) is 4.23. The monoisotopic (exact) mass is 206 g/mol. The van der Waals surface area contributed by atoms with Gasteiger partial charge in [-0.3, -0.25) is 4.98 Å². The fourth-order valence-electron chi connectivity index (χ4n) is 2.07. The lowest BCUT2D eigenvalue weighted by atomic mass is 9.94. The zero-order valence-corrected chi connectivity index (χ0v) is 9.36. The van der Waals surface area contributed by atoms with Crippen molar-refractivity contribution in [1.82, 2.24) is 10.3 Å². The molecule has 2 unspecified atom stereocenters. The minimum Gasteiger partial charge on any atom is -0.495 e. The summed E-state index contributed by atoms with van der Waals surface area (Å²) >= 11 is 0. The number of methoxy groups -OCH3 is 1. The van der Waals surface area contributed by atoms with Crippen LogP contribution in [-0.2, 0) is 0 Å². The van der Waals surface area contributed by atoms with E-state index in [1.807, 2.05) is 18.3 Å². The maximum absolute atomic E-state index is 5.32. The summed E-state index contributed by atoms with van der Waals surface area (Å²) in [6.45, 7) is 3.35. The number of hydrogen-bond acceptors (Lipinski definition) is 3. The third-order valence-corrected chi connectivity index (χ3v) is 3.01. The van der Waals surface area contributed by atoms with Gasteiger partial charge < -0.3 is 10.1 Å². The van der Waals surface area contributed by atoms with Gasteiger partial charge in [-0.05, 0) is 37.4 Å². The molecule has 0 amide bonds. The smallest absolute Gasteiger partial charge is 0.141 e. The number of hydrogen-bond donors (Lipinski definition) is 1. The Kier molecular flexibility index (Phi) is 3.21. The molecular formula is C12H18N2O. The minimum absolute atomic E-state index is 0.359. The first kappa shape index (κ1) is 10.4. The van der Waals surface area contributed by atoms with E-state index < -0.39 is 0 Å². The highest BCUT2D eigenvalue weighted by molar-refractivity contribution is 5.29. The van der Waals surface area contributed by atoms with Crippen LogP contribution in [0.15, 0.2) is 18.3 Å². The molecule has 0 aromatic carbocycles. The number of nitrogens with one attached hydrogen (secondary N) is 1. The molecule has 1 N–H and O–H groups in total. The Hall–Kier alpha value is -1.09. The van der Waals surface area contributed by atoms with Gasteiger partial charge in [-0.2, -0.15) is 0 Å². The van der Waals surface area contributed by atoms with E-state index in [-0.39, 0.29) is 0 Å². The zero-order valence-electron chi connectivity index (χ0n) is 9.36. The van der Waals surface area contributed by atoms with Crippen molar-refractivity contribution in [3.8, 4) is 5.75 Å². The minimum atomic E-state index is 0.359. The van der Waals surface area contributed by atoms with Gasteiger partial charge in [0.15, 0.2) is 0 Å². The van der Waals surface area contributed by atoms with Gasteiger partial charge in [-0.25, -0.2) is 0 Å². The second kappa shape index (κ2) is 4.62. The summed E-state index contributed by atoms with van der Waals surface area (Å²) < 4.78 is 5.32. The molecule has 1 aromatic rings. The largest absolute Gasteiger partial charge is 0.495 e. The topological polar surface area (TPSA) is 34.1 Å². The average molecular weight is 206 g/mol. The fourth-order valence-corrected chi connectivity index (χ4v) is 2.07. The molecule has 0 radical (unpaired) electrons. The van der Waals surface area contributed by atoms with Gasteiger partial charge in [0.05, 0.1) is 18.8 Å². The van der Waals surface area contributed by atoms with E-state index >= 15 is 0 Å². The standard InChI is InChI=1S/C12H18N2O/c1-9-5-6-10(14-8-9)12-11(15-2)4-3-7-13-12/h3-4,7,9-10,14H,5-6,8H2,1-2H3. The van der Waals surface area contributed by atoms with Gasteiger partial charge in [-0.15, -0.1) is 0 Å². The lowest BCUT2D eigenvalue weighted by Crippen LogP contribution is -2.32. The van der Waals surface area contributed by atoms with E-state index in [1.54, 1.807) is 7.11 Å². The summed E-state index contributed by atoms with van der Waals surface area (Å²) in [5.74, 6) is 1.67. The Morgan fingerprint density at radius 2 is 2.33 bits per heavy atom. The highest BCUT2D eigenvalue weighted by Gasteiger charge is 2.22. The summed E-state index contributed by atoms with van der Waals surface area (Å²) in [5.41, 5.74) is 1.05. The number of piperidine rings is 1. The van der Waals surface area contributed by atoms with Crippen molar-refractivity contribution >= 4 is 0 Å². The lowest BCUT2D eigenvalue weighted by Gasteiger charge is -2.28. The molecule has 1 fully saturated rings. The van der Waals surface area contributed by atoms with E-state index in [2.05, 4.69) is 17.2 Å². The van der Waals surface area contributed by atoms with E-state index in [9.17, 15) is 0 Å². The zero-order chi connectivity index (χ0) is 10.7. The number of rotatable bonds is 2. The molecule has 0 saturated carbocycles. The van der Waals surface area contributed by atoms with Crippen molar-refractivity contribution in [2.75, 3.05) is 13.7 Å². The van der Waals surface area contributed by atoms with Gasteiger partial charge in [0.25, 0.3) is 0 Å². The number of pyridine rings is 1. The van der Waals surface area contributed by atoms with Crippen LogP contribution in [-0.4, -0.2) is 18.6 Å². The van der Waals surface area contributed by atoms with Gasteiger partial charge >= 0.3 is 0 Å². The number of ether oxygens (including phenoxy) is 1. The molecular weight excluding hydrogens is 188 g/mol. The Morgan fingerprint density at radius 1 is 1.47 bits per heavy atom. The van der Waals surface area contributed by atoms with E-state index in [0.717, 1.165) is 30.3 Å². The molecule has 2 rings (SSSR count). The number of nitrogens with zero attached hydrogens (tertiary/aromatic N) is 1. The molecule has 1 saturated heterocycles. The van der Waals surface area contributed by atoms with Crippen molar-refractivity contribution in [3.05, 3.63) is 24.0 Å². The van der Waals surface area contributed by atoms with Crippen molar-refractivity contribution in [2.45, 2.75) is 25.8 Å². The van der Waals surface area contributed by atoms with Gasteiger partial charge in [0.2, 0.25) is 0 Å². The molecule has 0 bridgehead atoms. The molecule has 2 heterocycles. The molecule has 15 heavy (non-hydrogen) atoms. The number of aromatic nitrogens is 1. The van der Waals surface area contributed by atoms with Crippen LogP contribution in [0.5, 0.6) is 5.75 Å². The van der Waals surface area contributed by atoms with Gasteiger partial charge in [-0.1, -0.05) is 6.92 Å². The van der Waals surface area contributed by atoms with Crippen LogP contribution in [0.1, 0.15) is 31.5 Å². The molecule has 1 aromatic heterocycles. The van der Waals surface area contributed by atoms with Crippen molar-refractivity contribution in [3.63, 3.8) is 0 Å². The van der Waals surface area contributed by atoms with Crippen LogP contribution in [0, 0.1) is 5.92 Å². The van der Waals surface area contributed by atoms with Crippen LogP contribution < -0.4 is 10.1 Å². The van der Waals surface area contributed by atoms with Crippen LogP contribution in [0.4, 0.5) is 0 Å². The van der Waals surface area contributed by atoms with Crippen molar-refractivity contribution in [2.24, 2.45) is 5.92 Å². The molecule has 0 spiro atoms. The summed E-state index contributed by atoms with van der Waals surface area (Å²) in [7, 11) is 1.70. The van der Waals surface area contributed by atoms with Crippen molar-refractivity contribution in [1.29, 1.82) is 0 Å². The summed E-state index contributed by atoms with van der Waals surface area (Å²) in [5, 5.41) is 3.52. The molecule has 3 heteroatoms. The van der Waals surface area contributed by atoms with E-state index in [0.29, 0.717) is 6.04 Å². The first-order valence-corrected chi connectivity index (χ1v) is 5.53. The first-order valence-electron chi connectivity index (χ1n) is 5.53. The predicted molar refractivity (Wildman–Crippen MR) is 59.9 cm³/mol. The quantitative estimate of drug-likeness (QED) is 0.805. The summed E-state index contributed by atoms with van der Waals surface area (Å²) in [6.07, 6.45) is 4.24. The van der Waals surface area contributed by atoms with E-state index in [1.165, 1.54) is 6.42 Å². The Morgan fingerprint density at radius 3 is 3.00 bits per heavy atom. The van der Waals surface area contributed by atoms with Crippen LogP contribution in [0.25, 0.3) is 0 Å². The highest BCUT2D eigenvalue weighted by Crippen LogP contribution is 2.29. The van der Waals surface area contributed by atoms with Crippen LogP contribution >= 0.6 is 0 Å². The van der Waals surface area contributed by atoms with Crippen LogP contribution in [0.2, 0.25) is 0 Å². The summed E-state index contributed by atoms with van der Waals surface area (Å²) in [6, 6.07) is 4.24. The lowest BCUT2D eigenvalue weighted by molar-refractivity contribution is 0.316. The Bertz CT molecular complexity index is 319. The normalized spacial score (nSPS) is 26.3. The third-order valence-electron chi connectivity index (χ3n) is 3.01. The Balaban J connectivity index is 2.15. The molecule has 1 aliphatic rings. The first-order chi connectivity index (χ1) is 7.31. The third kappa shape index (κ3) is 2.29. The predicted octanol–water partition coefficient (Wildman–Crippen LogP) is 2.15. The molecule has 1 aliphatic heterocycles. The fraction of sp³-hybridized carbons (Fsp3) is 0.583. The van der Waals surface area contributed by atoms with Crippen molar-refractivity contribution < 1.29 is 4.74 Å². The molecule has 3 nitrogen and oxygen atoms in total. The summed E-state index contributed by atoms with van der Waals surface area (Å²) in [4.78, 5) is 4.41. The second-order valence-corrected chi connectivity index (χ2v) is 4.23. The average Bonchev–Trinajstić information content (AvgIpc) is 2.30. The highest BCUT2D eigenvalue weighted by atomic mass is 16.5. The van der Waals surface area contributed by atoms with E-state index in [4.69, 9.17) is 4.74 Å². The SMILES string of the molecule is COc1cccnc1C1CCC(C)CN1. The van der Waals surface area contributed by atoms with Gasteiger partial charge in [0, 0.05) is 6.20 Å². The van der Waals surface area contributed by atoms with Crippen LogP contribution in [0.3, 0.4) is 0 Å². The molecule has 82 valence electrons. The molecule has 0 aliphatic carbocycles. The maximum atomic E-state index is 5.32. The van der Waals surface area contributed by atoms with Gasteiger partial charge in [0.1, 0.15) is 5.75 Å². The Labute approximate surface area is 90.9 Å². The molecule has 2 atom stereocenters. The maximum Gasteiger partial charge on any atom is 0.141 e.